The first-order valence-electron chi connectivity index (χ1n) is 4.75. The van der Waals surface area contributed by atoms with Crippen molar-refractivity contribution >= 4 is 17.7 Å². The molecule has 0 aromatic rings. The highest BCUT2D eigenvalue weighted by Gasteiger charge is 2.26. The molecule has 0 aliphatic carbocycles. The number of thioether (sulfide) groups is 1. The maximum absolute atomic E-state index is 11.1. The molecule has 0 amide bonds. The Morgan fingerprint density at radius 2 is 2.29 bits per heavy atom. The summed E-state index contributed by atoms with van der Waals surface area (Å²) in [5, 5.41) is 17.6. The Balaban J connectivity index is 2.51. The minimum Gasteiger partial charge on any atom is -0.478 e. The fourth-order valence-corrected chi connectivity index (χ4v) is 1.95. The molecule has 1 saturated heterocycles. The van der Waals surface area contributed by atoms with Gasteiger partial charge in [-0.3, -0.25) is 0 Å². The molecule has 0 aromatic carbocycles. The van der Waals surface area contributed by atoms with Crippen LogP contribution in [-0.2, 0) is 14.3 Å². The Morgan fingerprint density at radius 3 is 2.82 bits per heavy atom. The maximum atomic E-state index is 11.1. The van der Waals surface area contributed by atoms with Crippen molar-refractivity contribution in [2.75, 3.05) is 12.4 Å². The van der Waals surface area contributed by atoms with Crippen LogP contribution in [0.25, 0.3) is 0 Å². The fourth-order valence-electron chi connectivity index (χ4n) is 1.01. The van der Waals surface area contributed by atoms with Crippen molar-refractivity contribution in [3.05, 3.63) is 22.8 Å². The quantitative estimate of drug-likeness (QED) is 0.429. The number of hydrogen-bond acceptors (Lipinski definition) is 6. The summed E-state index contributed by atoms with van der Waals surface area (Å²) in [5.41, 5.74) is 0.268. The van der Waals surface area contributed by atoms with E-state index in [1.807, 2.05) is 0 Å². The van der Waals surface area contributed by atoms with E-state index in [0.29, 0.717) is 16.4 Å². The zero-order chi connectivity index (χ0) is 12.8. The third kappa shape index (κ3) is 3.54. The first-order chi connectivity index (χ1) is 8.08. The summed E-state index contributed by atoms with van der Waals surface area (Å²) in [4.78, 5) is 11.1. The minimum absolute atomic E-state index is 0.0521. The number of nitrogens with zero attached hydrogens (tertiary/aromatic N) is 2. The number of allylic oxidation sites excluding steroid dienone is 1. The maximum Gasteiger partial charge on any atom is 0.333 e. The number of carbonyl (C=O) groups is 1. The van der Waals surface area contributed by atoms with Crippen LogP contribution in [0.2, 0.25) is 0 Å². The van der Waals surface area contributed by atoms with Gasteiger partial charge in [0, 0.05) is 11.3 Å². The van der Waals surface area contributed by atoms with Gasteiger partial charge in [0.05, 0.1) is 0 Å². The Labute approximate surface area is 103 Å². The van der Waals surface area contributed by atoms with Gasteiger partial charge in [-0.1, -0.05) is 18.3 Å². The van der Waals surface area contributed by atoms with E-state index < -0.39 is 5.97 Å². The molecule has 88 valence electrons. The van der Waals surface area contributed by atoms with Gasteiger partial charge in [-0.05, 0) is 6.92 Å². The van der Waals surface area contributed by atoms with Crippen LogP contribution < -0.4 is 0 Å². The van der Waals surface area contributed by atoms with Gasteiger partial charge < -0.3 is 9.47 Å². The number of carbonyl (C=O) groups excluding carboxylic acids is 1. The van der Waals surface area contributed by atoms with Crippen molar-refractivity contribution in [1.82, 2.24) is 0 Å². The predicted octanol–water partition coefficient (Wildman–Crippen LogP) is 1.50. The second-order valence-corrected chi connectivity index (χ2v) is 4.31. The van der Waals surface area contributed by atoms with Crippen LogP contribution >= 0.6 is 11.8 Å². The molecule has 1 aliphatic heterocycles. The molecule has 0 saturated carbocycles. The van der Waals surface area contributed by atoms with Crippen LogP contribution in [0.3, 0.4) is 0 Å². The van der Waals surface area contributed by atoms with Gasteiger partial charge in [0.1, 0.15) is 24.8 Å². The van der Waals surface area contributed by atoms with Crippen molar-refractivity contribution in [2.24, 2.45) is 0 Å². The SMILES string of the molecule is C=C(C)C(=O)OCC1CSC(=C(C#N)C#N)O1. The molecule has 17 heavy (non-hydrogen) atoms. The molecule has 1 atom stereocenters. The minimum atomic E-state index is -0.475. The van der Waals surface area contributed by atoms with Crippen molar-refractivity contribution in [3.63, 3.8) is 0 Å². The molecule has 1 fully saturated rings. The van der Waals surface area contributed by atoms with Crippen LogP contribution in [0.15, 0.2) is 22.8 Å². The monoisotopic (exact) mass is 250 g/mol. The first kappa shape index (κ1) is 13.1. The number of ether oxygens (including phenoxy) is 2. The average Bonchev–Trinajstić information content (AvgIpc) is 2.76. The molecule has 1 aliphatic rings. The molecule has 0 spiro atoms. The highest BCUT2D eigenvalue weighted by molar-refractivity contribution is 8.03. The van der Waals surface area contributed by atoms with Gasteiger partial charge in [0.25, 0.3) is 0 Å². The van der Waals surface area contributed by atoms with Gasteiger partial charge in [0.15, 0.2) is 10.7 Å². The van der Waals surface area contributed by atoms with Crippen LogP contribution in [0.5, 0.6) is 0 Å². The van der Waals surface area contributed by atoms with E-state index in [2.05, 4.69) is 6.58 Å². The zero-order valence-electron chi connectivity index (χ0n) is 9.23. The van der Waals surface area contributed by atoms with Gasteiger partial charge in [-0.2, -0.15) is 10.5 Å². The highest BCUT2D eigenvalue weighted by Crippen LogP contribution is 2.31. The first-order valence-corrected chi connectivity index (χ1v) is 5.73. The number of esters is 1. The van der Waals surface area contributed by atoms with Crippen LogP contribution in [0, 0.1) is 22.7 Å². The Kier molecular flexibility index (Phi) is 4.62. The lowest BCUT2D eigenvalue weighted by atomic mass is 10.3. The molecule has 0 aromatic heterocycles. The molecule has 0 bridgehead atoms. The van der Waals surface area contributed by atoms with Crippen molar-refractivity contribution in [1.29, 1.82) is 10.5 Å². The standard InChI is InChI=1S/C11H10N2O3S/c1-7(2)10(14)15-5-9-6-17-11(16-9)8(3-12)4-13/h9H,1,5-6H2,2H3. The normalized spacial score (nSPS) is 17.6. The molecule has 1 heterocycles. The topological polar surface area (TPSA) is 83.1 Å². The Hall–Kier alpha value is -1.92. The van der Waals surface area contributed by atoms with Crippen LogP contribution in [0.1, 0.15) is 6.92 Å². The average molecular weight is 250 g/mol. The van der Waals surface area contributed by atoms with E-state index in [1.165, 1.54) is 11.8 Å². The molecule has 6 heteroatoms. The number of nitriles is 2. The molecule has 1 rings (SSSR count). The lowest BCUT2D eigenvalue weighted by Crippen LogP contribution is -2.20. The zero-order valence-corrected chi connectivity index (χ0v) is 10.0. The number of rotatable bonds is 3. The molecular weight excluding hydrogens is 240 g/mol. The Bertz CT molecular complexity index is 440. The third-order valence-corrected chi connectivity index (χ3v) is 2.95. The fraction of sp³-hybridized carbons (Fsp3) is 0.364. The van der Waals surface area contributed by atoms with Crippen molar-refractivity contribution in [3.8, 4) is 12.1 Å². The lowest BCUT2D eigenvalue weighted by molar-refractivity contribution is -0.141. The second kappa shape index (κ2) is 5.97. The summed E-state index contributed by atoms with van der Waals surface area (Å²) < 4.78 is 10.2. The lowest BCUT2D eigenvalue weighted by Gasteiger charge is -2.10. The predicted molar refractivity (Wildman–Crippen MR) is 61.4 cm³/mol. The highest BCUT2D eigenvalue weighted by atomic mass is 32.2. The summed E-state index contributed by atoms with van der Waals surface area (Å²) in [7, 11) is 0. The third-order valence-electron chi connectivity index (χ3n) is 1.85. The Morgan fingerprint density at radius 1 is 1.65 bits per heavy atom. The summed E-state index contributed by atoms with van der Waals surface area (Å²) in [6, 6.07) is 3.50. The molecule has 5 nitrogen and oxygen atoms in total. The van der Waals surface area contributed by atoms with E-state index >= 15 is 0 Å². The summed E-state index contributed by atoms with van der Waals surface area (Å²) in [6.07, 6.45) is -0.324. The van der Waals surface area contributed by atoms with Gasteiger partial charge >= 0.3 is 5.97 Å². The van der Waals surface area contributed by atoms with Gasteiger partial charge in [-0.25, -0.2) is 4.79 Å². The van der Waals surface area contributed by atoms with Crippen molar-refractivity contribution in [2.45, 2.75) is 13.0 Å². The van der Waals surface area contributed by atoms with Crippen LogP contribution in [0.4, 0.5) is 0 Å². The largest absolute Gasteiger partial charge is 0.478 e. The van der Waals surface area contributed by atoms with E-state index in [0.717, 1.165) is 0 Å². The summed E-state index contributed by atoms with van der Waals surface area (Å²) in [5.74, 6) is 0.0721. The number of hydrogen-bond donors (Lipinski definition) is 0. The van der Waals surface area contributed by atoms with Gasteiger partial charge in [0.2, 0.25) is 0 Å². The van der Waals surface area contributed by atoms with E-state index in [4.69, 9.17) is 20.0 Å². The summed E-state index contributed by atoms with van der Waals surface area (Å²) >= 11 is 1.27. The van der Waals surface area contributed by atoms with Crippen LogP contribution in [-0.4, -0.2) is 24.4 Å². The smallest absolute Gasteiger partial charge is 0.333 e. The van der Waals surface area contributed by atoms with E-state index in [1.54, 1.807) is 19.1 Å². The second-order valence-electron chi connectivity index (χ2n) is 3.32. The van der Waals surface area contributed by atoms with Crippen molar-refractivity contribution < 1.29 is 14.3 Å². The summed E-state index contributed by atoms with van der Waals surface area (Å²) in [6.45, 7) is 5.10. The van der Waals surface area contributed by atoms with Gasteiger partial charge in [-0.15, -0.1) is 0 Å². The molecule has 1 unspecified atom stereocenters. The molecular formula is C11H10N2O3S. The molecule has 0 radical (unpaired) electrons. The van der Waals surface area contributed by atoms with E-state index in [9.17, 15) is 4.79 Å². The molecule has 0 N–H and O–H groups in total. The van der Waals surface area contributed by atoms with E-state index in [-0.39, 0.29) is 18.3 Å².